The van der Waals surface area contributed by atoms with E-state index >= 15 is 0 Å². The van der Waals surface area contributed by atoms with E-state index in [2.05, 4.69) is 13.0 Å². The summed E-state index contributed by atoms with van der Waals surface area (Å²) in [6.45, 7) is 2.62. The first kappa shape index (κ1) is 16.6. The maximum Gasteiger partial charge on any atom is 0.203 e. The zero-order valence-electron chi connectivity index (χ0n) is 13.8. The molecule has 22 heavy (non-hydrogen) atoms. The Kier molecular flexibility index (Phi) is 5.69. The molecule has 1 aliphatic heterocycles. The fraction of sp³-hybridized carbons (Fsp3) is 0.529. The van der Waals surface area contributed by atoms with Gasteiger partial charge >= 0.3 is 0 Å². The van der Waals surface area contributed by atoms with Gasteiger partial charge in [0.2, 0.25) is 5.75 Å². The quantitative estimate of drug-likeness (QED) is 0.725. The summed E-state index contributed by atoms with van der Waals surface area (Å²) in [5, 5.41) is 0. The van der Waals surface area contributed by atoms with Gasteiger partial charge in [0.25, 0.3) is 0 Å². The normalized spacial score (nSPS) is 14.5. The van der Waals surface area contributed by atoms with Gasteiger partial charge in [0.05, 0.1) is 14.2 Å². The lowest BCUT2D eigenvalue weighted by atomic mass is 9.94. The molecule has 1 atom stereocenters. The second-order valence-electron chi connectivity index (χ2n) is 5.25. The molecule has 0 amide bonds. The van der Waals surface area contributed by atoms with E-state index in [1.54, 1.807) is 28.4 Å². The Morgan fingerprint density at radius 1 is 1.14 bits per heavy atom. The number of fused-ring (bicyclic) bond motifs is 1. The van der Waals surface area contributed by atoms with Gasteiger partial charge in [0, 0.05) is 25.7 Å². The first-order valence-corrected chi connectivity index (χ1v) is 7.29. The van der Waals surface area contributed by atoms with Crippen LogP contribution < -0.4 is 14.2 Å². The second kappa shape index (κ2) is 7.51. The van der Waals surface area contributed by atoms with Crippen LogP contribution in [0, 0.1) is 5.92 Å². The van der Waals surface area contributed by atoms with Gasteiger partial charge in [-0.15, -0.1) is 0 Å². The summed E-state index contributed by atoms with van der Waals surface area (Å²) in [6, 6.07) is 2.00. The third-order valence-corrected chi connectivity index (χ3v) is 3.83. The van der Waals surface area contributed by atoms with E-state index in [1.165, 1.54) is 0 Å². The summed E-state index contributed by atoms with van der Waals surface area (Å²) in [5.41, 5.74) is 2.15. The van der Waals surface area contributed by atoms with E-state index in [0.29, 0.717) is 18.1 Å². The molecule has 1 aromatic carbocycles. The molecule has 1 heterocycles. The maximum atomic E-state index is 5.77. The molecule has 1 aromatic rings. The highest BCUT2D eigenvalue weighted by Crippen LogP contribution is 2.44. The Hall–Kier alpha value is -1.72. The van der Waals surface area contributed by atoms with E-state index in [4.69, 9.17) is 23.7 Å². The summed E-state index contributed by atoms with van der Waals surface area (Å²) in [7, 11) is 6.55. The molecule has 0 aromatic heterocycles. The Labute approximate surface area is 131 Å². The highest BCUT2D eigenvalue weighted by Gasteiger charge is 2.24. The van der Waals surface area contributed by atoms with E-state index in [9.17, 15) is 0 Å². The largest absolute Gasteiger partial charge is 0.493 e. The lowest BCUT2D eigenvalue weighted by Gasteiger charge is -2.25. The van der Waals surface area contributed by atoms with Crippen molar-refractivity contribution < 1.29 is 23.7 Å². The molecule has 0 N–H and O–H groups in total. The summed E-state index contributed by atoms with van der Waals surface area (Å²) >= 11 is 0. The van der Waals surface area contributed by atoms with Gasteiger partial charge in [0.1, 0.15) is 6.61 Å². The van der Waals surface area contributed by atoms with Crippen LogP contribution in [-0.2, 0) is 15.9 Å². The molecule has 2 rings (SSSR count). The van der Waals surface area contributed by atoms with Crippen LogP contribution in [-0.4, -0.2) is 41.3 Å². The highest BCUT2D eigenvalue weighted by molar-refractivity contribution is 5.71. The Morgan fingerprint density at radius 3 is 2.45 bits per heavy atom. The molecule has 0 bridgehead atoms. The summed E-state index contributed by atoms with van der Waals surface area (Å²) in [6.07, 6.45) is 4.59. The van der Waals surface area contributed by atoms with Crippen LogP contribution in [0.15, 0.2) is 12.1 Å². The molecule has 5 nitrogen and oxygen atoms in total. The van der Waals surface area contributed by atoms with Crippen molar-refractivity contribution in [2.75, 3.05) is 35.0 Å². The number of hydrogen-bond donors (Lipinski definition) is 0. The predicted octanol–water partition coefficient (Wildman–Crippen LogP) is 2.91. The van der Waals surface area contributed by atoms with Crippen molar-refractivity contribution >= 4 is 6.08 Å². The minimum absolute atomic E-state index is 0.188. The average Bonchev–Trinajstić information content (AvgIpc) is 2.55. The standard InChI is InChI=1S/C17H24O5/c1-11(17(20-4)21-5)9-12-10-14(18-2)16(19-3)15-13(12)7-6-8-22-15/h6-7,10-11,17H,8-9H2,1-5H3. The third-order valence-electron chi connectivity index (χ3n) is 3.83. The molecule has 0 saturated heterocycles. The molecule has 0 spiro atoms. The van der Waals surface area contributed by atoms with Crippen LogP contribution in [0.2, 0.25) is 0 Å². The van der Waals surface area contributed by atoms with Gasteiger partial charge in [-0.1, -0.05) is 13.0 Å². The maximum absolute atomic E-state index is 5.77. The minimum Gasteiger partial charge on any atom is -0.493 e. The molecule has 0 radical (unpaired) electrons. The monoisotopic (exact) mass is 308 g/mol. The first-order chi connectivity index (χ1) is 10.7. The SMILES string of the molecule is COc1cc(CC(C)C(OC)OC)c2c(c1OC)OCC=C2. The van der Waals surface area contributed by atoms with Gasteiger partial charge in [-0.25, -0.2) is 0 Å². The molecule has 122 valence electrons. The third kappa shape index (κ3) is 3.20. The molecule has 0 fully saturated rings. The van der Waals surface area contributed by atoms with Gasteiger partial charge in [-0.3, -0.25) is 0 Å². The van der Waals surface area contributed by atoms with Gasteiger partial charge in [-0.2, -0.15) is 0 Å². The van der Waals surface area contributed by atoms with Gasteiger partial charge < -0.3 is 23.7 Å². The van der Waals surface area contributed by atoms with Crippen LogP contribution in [0.5, 0.6) is 17.2 Å². The summed E-state index contributed by atoms with van der Waals surface area (Å²) < 4.78 is 27.4. The number of benzene rings is 1. The Morgan fingerprint density at radius 2 is 1.86 bits per heavy atom. The Bertz CT molecular complexity index is 534. The zero-order valence-corrected chi connectivity index (χ0v) is 13.8. The van der Waals surface area contributed by atoms with Crippen molar-refractivity contribution in [3.63, 3.8) is 0 Å². The summed E-state index contributed by atoms with van der Waals surface area (Å²) in [5.74, 6) is 2.23. The number of rotatable bonds is 7. The van der Waals surface area contributed by atoms with E-state index < -0.39 is 0 Å². The Balaban J connectivity index is 2.41. The average molecular weight is 308 g/mol. The lowest BCUT2D eigenvalue weighted by molar-refractivity contribution is -0.132. The fourth-order valence-electron chi connectivity index (χ4n) is 2.82. The summed E-state index contributed by atoms with van der Waals surface area (Å²) in [4.78, 5) is 0. The molecule has 0 aliphatic carbocycles. The lowest BCUT2D eigenvalue weighted by Crippen LogP contribution is -2.24. The van der Waals surface area contributed by atoms with Crippen LogP contribution in [0.3, 0.4) is 0 Å². The van der Waals surface area contributed by atoms with Crippen LogP contribution in [0.25, 0.3) is 6.08 Å². The van der Waals surface area contributed by atoms with Crippen molar-refractivity contribution in [2.24, 2.45) is 5.92 Å². The first-order valence-electron chi connectivity index (χ1n) is 7.29. The fourth-order valence-corrected chi connectivity index (χ4v) is 2.82. The van der Waals surface area contributed by atoms with Gasteiger partial charge in [0.15, 0.2) is 17.8 Å². The van der Waals surface area contributed by atoms with E-state index in [1.807, 2.05) is 12.1 Å². The van der Waals surface area contributed by atoms with E-state index in [-0.39, 0.29) is 12.2 Å². The van der Waals surface area contributed by atoms with Crippen molar-refractivity contribution in [2.45, 2.75) is 19.6 Å². The molecule has 1 unspecified atom stereocenters. The molecule has 1 aliphatic rings. The van der Waals surface area contributed by atoms with E-state index in [0.717, 1.165) is 23.3 Å². The molecular formula is C17H24O5. The van der Waals surface area contributed by atoms with Gasteiger partial charge in [-0.05, 0) is 24.1 Å². The number of ether oxygens (including phenoxy) is 5. The predicted molar refractivity (Wildman–Crippen MR) is 84.7 cm³/mol. The highest BCUT2D eigenvalue weighted by atomic mass is 16.7. The second-order valence-corrected chi connectivity index (χ2v) is 5.25. The topological polar surface area (TPSA) is 46.2 Å². The van der Waals surface area contributed by atoms with Crippen LogP contribution >= 0.6 is 0 Å². The number of hydrogen-bond acceptors (Lipinski definition) is 5. The molecular weight excluding hydrogens is 284 g/mol. The van der Waals surface area contributed by atoms with Crippen LogP contribution in [0.4, 0.5) is 0 Å². The van der Waals surface area contributed by atoms with Crippen molar-refractivity contribution in [3.05, 3.63) is 23.3 Å². The molecule has 0 saturated carbocycles. The van der Waals surface area contributed by atoms with Crippen molar-refractivity contribution in [1.82, 2.24) is 0 Å². The van der Waals surface area contributed by atoms with Crippen molar-refractivity contribution in [1.29, 1.82) is 0 Å². The van der Waals surface area contributed by atoms with Crippen molar-refractivity contribution in [3.8, 4) is 17.2 Å². The zero-order chi connectivity index (χ0) is 16.1. The van der Waals surface area contributed by atoms with Crippen LogP contribution in [0.1, 0.15) is 18.1 Å². The smallest absolute Gasteiger partial charge is 0.203 e. The molecule has 5 heteroatoms. The number of methoxy groups -OCH3 is 4. The minimum atomic E-state index is -0.253.